The van der Waals surface area contributed by atoms with E-state index in [1.807, 2.05) is 45.9 Å². The lowest BCUT2D eigenvalue weighted by Gasteiger charge is -2.15. The van der Waals surface area contributed by atoms with Gasteiger partial charge in [-0.1, -0.05) is 33.8 Å². The Morgan fingerprint density at radius 1 is 0.963 bits per heavy atom. The first-order valence-electron chi connectivity index (χ1n) is 9.10. The van der Waals surface area contributed by atoms with Crippen LogP contribution in [0.1, 0.15) is 50.9 Å². The quantitative estimate of drug-likeness (QED) is 0.695. The third kappa shape index (κ3) is 2.83. The molecular formula is C22H22O5. The van der Waals surface area contributed by atoms with Gasteiger partial charge in [0, 0.05) is 12.0 Å². The van der Waals surface area contributed by atoms with Crippen molar-refractivity contribution in [2.24, 2.45) is 0 Å². The van der Waals surface area contributed by atoms with Gasteiger partial charge in [-0.2, -0.15) is 0 Å². The smallest absolute Gasteiger partial charge is 0.231 e. The van der Waals surface area contributed by atoms with Crippen LogP contribution in [0.5, 0.6) is 17.2 Å². The second-order valence-corrected chi connectivity index (χ2v) is 7.46. The highest BCUT2D eigenvalue weighted by atomic mass is 16.7. The average molecular weight is 366 g/mol. The summed E-state index contributed by atoms with van der Waals surface area (Å²) in [5.41, 5.74) is 2.27. The number of aromatic hydroxyl groups is 1. The highest BCUT2D eigenvalue weighted by Crippen LogP contribution is 2.39. The van der Waals surface area contributed by atoms with Crippen LogP contribution in [0, 0.1) is 0 Å². The number of hydrogen-bond acceptors (Lipinski definition) is 5. The summed E-state index contributed by atoms with van der Waals surface area (Å²) >= 11 is 0. The van der Waals surface area contributed by atoms with Crippen LogP contribution >= 0.6 is 0 Å². The van der Waals surface area contributed by atoms with E-state index in [0.717, 1.165) is 11.1 Å². The normalized spacial score (nSPS) is 13.1. The third-order valence-electron chi connectivity index (χ3n) is 4.87. The molecule has 140 valence electrons. The Bertz CT molecular complexity index is 1090. The van der Waals surface area contributed by atoms with Crippen molar-refractivity contribution in [2.75, 3.05) is 6.79 Å². The van der Waals surface area contributed by atoms with Gasteiger partial charge in [0.1, 0.15) is 17.1 Å². The minimum atomic E-state index is -0.110. The second kappa shape index (κ2) is 6.34. The number of fused-ring (bicyclic) bond motifs is 2. The number of rotatable bonds is 3. The monoisotopic (exact) mass is 366 g/mol. The first-order chi connectivity index (χ1) is 12.9. The van der Waals surface area contributed by atoms with E-state index in [1.165, 1.54) is 0 Å². The van der Waals surface area contributed by atoms with Gasteiger partial charge in [-0.3, -0.25) is 4.79 Å². The Morgan fingerprint density at radius 3 is 2.41 bits per heavy atom. The van der Waals surface area contributed by atoms with E-state index in [4.69, 9.17) is 13.9 Å². The summed E-state index contributed by atoms with van der Waals surface area (Å²) in [5, 5.41) is 10.8. The molecule has 2 heterocycles. The van der Waals surface area contributed by atoms with Crippen molar-refractivity contribution in [3.63, 3.8) is 0 Å². The van der Waals surface area contributed by atoms with E-state index in [2.05, 4.69) is 0 Å². The van der Waals surface area contributed by atoms with Gasteiger partial charge in [-0.15, -0.1) is 0 Å². The van der Waals surface area contributed by atoms with Crippen molar-refractivity contribution in [2.45, 2.75) is 39.5 Å². The van der Waals surface area contributed by atoms with Gasteiger partial charge in [-0.05, 0) is 35.2 Å². The van der Waals surface area contributed by atoms with Crippen molar-refractivity contribution in [3.05, 3.63) is 51.9 Å². The van der Waals surface area contributed by atoms with Gasteiger partial charge >= 0.3 is 0 Å². The van der Waals surface area contributed by atoms with Crippen LogP contribution in [0.15, 0.2) is 39.5 Å². The van der Waals surface area contributed by atoms with Gasteiger partial charge in [0.15, 0.2) is 11.5 Å². The molecule has 1 aliphatic rings. The molecule has 4 rings (SSSR count). The van der Waals surface area contributed by atoms with E-state index in [-0.39, 0.29) is 29.8 Å². The lowest BCUT2D eigenvalue weighted by molar-refractivity contribution is 0.174. The van der Waals surface area contributed by atoms with Crippen LogP contribution in [0.3, 0.4) is 0 Å². The van der Waals surface area contributed by atoms with E-state index >= 15 is 0 Å². The lowest BCUT2D eigenvalue weighted by Crippen LogP contribution is -2.11. The summed E-state index contributed by atoms with van der Waals surface area (Å²) in [6.45, 7) is 8.08. The molecule has 0 bridgehead atoms. The maximum Gasteiger partial charge on any atom is 0.231 e. The maximum atomic E-state index is 13.4. The van der Waals surface area contributed by atoms with Crippen LogP contribution in [-0.2, 0) is 0 Å². The number of phenolic OH excluding ortho intramolecular Hbond substituents is 1. The molecule has 0 fully saturated rings. The van der Waals surface area contributed by atoms with E-state index in [1.54, 1.807) is 12.1 Å². The fourth-order valence-corrected chi connectivity index (χ4v) is 3.46. The number of phenols is 1. The maximum absolute atomic E-state index is 13.4. The molecule has 5 nitrogen and oxygen atoms in total. The zero-order valence-electron chi connectivity index (χ0n) is 15.8. The van der Waals surface area contributed by atoms with Crippen molar-refractivity contribution < 1.29 is 19.0 Å². The average Bonchev–Trinajstić information content (AvgIpc) is 3.08. The highest BCUT2D eigenvalue weighted by Gasteiger charge is 2.23. The topological polar surface area (TPSA) is 68.9 Å². The van der Waals surface area contributed by atoms with Crippen molar-refractivity contribution >= 4 is 11.0 Å². The molecule has 0 atom stereocenters. The SMILES string of the molecule is CC(C)c1cc2c(=O)c(-c3ccc4c(c3)OCO4)c(C(C)C)oc2cc1O. The van der Waals surface area contributed by atoms with Crippen LogP contribution in [0.4, 0.5) is 0 Å². The Morgan fingerprint density at radius 2 is 1.70 bits per heavy atom. The third-order valence-corrected chi connectivity index (χ3v) is 4.87. The Balaban J connectivity index is 2.03. The summed E-state index contributed by atoms with van der Waals surface area (Å²) < 4.78 is 16.9. The molecule has 2 aromatic carbocycles. The molecular weight excluding hydrogens is 344 g/mol. The molecule has 1 N–H and O–H groups in total. The van der Waals surface area contributed by atoms with Gasteiger partial charge in [0.25, 0.3) is 0 Å². The fourth-order valence-electron chi connectivity index (χ4n) is 3.46. The first kappa shape index (κ1) is 17.5. The molecule has 0 spiro atoms. The molecule has 1 aliphatic heterocycles. The number of ether oxygens (including phenoxy) is 2. The van der Waals surface area contributed by atoms with Crippen LogP contribution in [0.2, 0.25) is 0 Å². The Labute approximate surface area is 157 Å². The lowest BCUT2D eigenvalue weighted by atomic mass is 9.94. The number of benzene rings is 2. The molecule has 0 aliphatic carbocycles. The van der Waals surface area contributed by atoms with Crippen molar-refractivity contribution in [1.82, 2.24) is 0 Å². The molecule has 27 heavy (non-hydrogen) atoms. The largest absolute Gasteiger partial charge is 0.508 e. The van der Waals surface area contributed by atoms with E-state index in [9.17, 15) is 9.90 Å². The summed E-state index contributed by atoms with van der Waals surface area (Å²) in [5.74, 6) is 2.11. The zero-order chi connectivity index (χ0) is 19.3. The number of hydrogen-bond donors (Lipinski definition) is 1. The highest BCUT2D eigenvalue weighted by molar-refractivity contribution is 5.85. The second-order valence-electron chi connectivity index (χ2n) is 7.46. The fraction of sp³-hybridized carbons (Fsp3) is 0.318. The molecule has 0 saturated heterocycles. The van der Waals surface area contributed by atoms with Crippen LogP contribution in [-0.4, -0.2) is 11.9 Å². The molecule has 3 aromatic rings. The van der Waals surface area contributed by atoms with Gasteiger partial charge < -0.3 is 19.0 Å². The predicted molar refractivity (Wildman–Crippen MR) is 104 cm³/mol. The minimum absolute atomic E-state index is 0.00515. The Hall–Kier alpha value is -2.95. The van der Waals surface area contributed by atoms with Gasteiger partial charge in [0.2, 0.25) is 12.2 Å². The molecule has 0 unspecified atom stereocenters. The Kier molecular flexibility index (Phi) is 4.10. The first-order valence-corrected chi connectivity index (χ1v) is 9.10. The zero-order valence-corrected chi connectivity index (χ0v) is 15.8. The van der Waals surface area contributed by atoms with Crippen molar-refractivity contribution in [1.29, 1.82) is 0 Å². The van der Waals surface area contributed by atoms with Gasteiger partial charge in [-0.25, -0.2) is 0 Å². The summed E-state index contributed by atoms with van der Waals surface area (Å²) in [4.78, 5) is 13.4. The van der Waals surface area contributed by atoms with Crippen LogP contribution < -0.4 is 14.9 Å². The molecule has 0 radical (unpaired) electrons. The molecule has 0 saturated carbocycles. The van der Waals surface area contributed by atoms with E-state index < -0.39 is 0 Å². The minimum Gasteiger partial charge on any atom is -0.508 e. The molecule has 0 amide bonds. The molecule has 5 heteroatoms. The molecule has 1 aromatic heterocycles. The summed E-state index contributed by atoms with van der Waals surface area (Å²) in [7, 11) is 0. The predicted octanol–water partition coefficient (Wildman–Crippen LogP) is 5.14. The van der Waals surface area contributed by atoms with Crippen molar-refractivity contribution in [3.8, 4) is 28.4 Å². The summed E-state index contributed by atoms with van der Waals surface area (Å²) in [6, 6.07) is 8.75. The standard InChI is InChI=1S/C22H22O5/c1-11(2)14-8-15-18(9-16(14)23)27-22(12(3)4)20(21(15)24)13-5-6-17-19(7-13)26-10-25-17/h5-9,11-12,23H,10H2,1-4H3. The van der Waals surface area contributed by atoms with Crippen LogP contribution in [0.25, 0.3) is 22.1 Å². The van der Waals surface area contributed by atoms with E-state index in [0.29, 0.717) is 33.8 Å². The van der Waals surface area contributed by atoms with Gasteiger partial charge in [0.05, 0.1) is 10.9 Å². The summed E-state index contributed by atoms with van der Waals surface area (Å²) in [6.07, 6.45) is 0.